The van der Waals surface area contributed by atoms with Gasteiger partial charge in [-0.25, -0.2) is 9.59 Å². The number of ether oxygens (including phenoxy) is 2. The number of hydrogen-bond acceptors (Lipinski definition) is 4. The van der Waals surface area contributed by atoms with Gasteiger partial charge in [-0.15, -0.1) is 0 Å². The third-order valence-corrected chi connectivity index (χ3v) is 3.07. The molecule has 0 aliphatic carbocycles. The Hall–Kier alpha value is -2.56. The molecule has 0 spiro atoms. The molecule has 0 atom stereocenters. The lowest BCUT2D eigenvalue weighted by Crippen LogP contribution is -2.07. The van der Waals surface area contributed by atoms with E-state index in [4.69, 9.17) is 4.74 Å². The first-order valence-corrected chi connectivity index (χ1v) is 6.03. The average Bonchev–Trinajstić information content (AvgIpc) is 2.88. The molecule has 1 heterocycles. The molecule has 20 heavy (non-hydrogen) atoms. The number of aryl methyl sites for hydroxylation is 1. The highest BCUT2D eigenvalue weighted by Gasteiger charge is 2.19. The van der Waals surface area contributed by atoms with Gasteiger partial charge in [-0.05, 0) is 18.6 Å². The summed E-state index contributed by atoms with van der Waals surface area (Å²) in [6, 6.07) is 5.76. The van der Waals surface area contributed by atoms with Gasteiger partial charge in [0.05, 0.1) is 19.8 Å². The molecular weight excluding hydrogens is 258 g/mol. The van der Waals surface area contributed by atoms with Crippen LogP contribution in [0.1, 0.15) is 11.1 Å². The summed E-state index contributed by atoms with van der Waals surface area (Å²) in [5, 5.41) is 0.882. The molecule has 0 unspecified atom stereocenters. The van der Waals surface area contributed by atoms with Crippen LogP contribution in [0.2, 0.25) is 0 Å². The smallest absolute Gasteiger partial charge is 0.338 e. The van der Waals surface area contributed by atoms with E-state index in [0.717, 1.165) is 22.5 Å². The predicted molar refractivity (Wildman–Crippen MR) is 75.0 cm³/mol. The summed E-state index contributed by atoms with van der Waals surface area (Å²) < 4.78 is 9.32. The van der Waals surface area contributed by atoms with Crippen molar-refractivity contribution in [2.45, 2.75) is 6.92 Å². The Bertz CT molecular complexity index is 697. The third-order valence-electron chi connectivity index (χ3n) is 3.07. The first kappa shape index (κ1) is 13.9. The lowest BCUT2D eigenvalue weighted by atomic mass is 10.0. The summed E-state index contributed by atoms with van der Waals surface area (Å²) in [7, 11) is 2.53. The van der Waals surface area contributed by atoms with Crippen molar-refractivity contribution >= 4 is 28.4 Å². The molecule has 0 radical (unpaired) electrons. The van der Waals surface area contributed by atoms with Crippen molar-refractivity contribution in [2.24, 2.45) is 0 Å². The Morgan fingerprint density at radius 1 is 1.20 bits per heavy atom. The normalized spacial score (nSPS) is 11.4. The summed E-state index contributed by atoms with van der Waals surface area (Å²) in [5.41, 5.74) is 2.67. The average molecular weight is 273 g/mol. The Morgan fingerprint density at radius 2 is 1.95 bits per heavy atom. The fraction of sp³-hybridized carbons (Fsp3) is 0.200. The second kappa shape index (κ2) is 5.61. The molecule has 5 nitrogen and oxygen atoms in total. The fourth-order valence-electron chi connectivity index (χ4n) is 2.11. The van der Waals surface area contributed by atoms with Crippen molar-refractivity contribution in [1.29, 1.82) is 0 Å². The Kier molecular flexibility index (Phi) is 3.89. The zero-order valence-electron chi connectivity index (χ0n) is 11.5. The summed E-state index contributed by atoms with van der Waals surface area (Å²) in [4.78, 5) is 26.4. The minimum Gasteiger partial charge on any atom is -0.466 e. The molecular formula is C15H15NO4. The lowest BCUT2D eigenvalue weighted by Gasteiger charge is -2.05. The van der Waals surface area contributed by atoms with Crippen molar-refractivity contribution < 1.29 is 19.1 Å². The van der Waals surface area contributed by atoms with Crippen molar-refractivity contribution in [3.05, 3.63) is 41.6 Å². The van der Waals surface area contributed by atoms with Gasteiger partial charge in [-0.2, -0.15) is 0 Å². The van der Waals surface area contributed by atoms with E-state index in [0.29, 0.717) is 5.56 Å². The zero-order valence-corrected chi connectivity index (χ0v) is 11.5. The first-order chi connectivity index (χ1) is 9.58. The number of hydrogen-bond donors (Lipinski definition) is 1. The number of methoxy groups -OCH3 is 2. The summed E-state index contributed by atoms with van der Waals surface area (Å²) >= 11 is 0. The minimum atomic E-state index is -0.603. The number of aromatic nitrogens is 1. The van der Waals surface area contributed by atoms with Gasteiger partial charge in [0.25, 0.3) is 0 Å². The summed E-state index contributed by atoms with van der Waals surface area (Å²) in [6.07, 6.45) is 2.82. The molecule has 0 saturated carbocycles. The van der Waals surface area contributed by atoms with Crippen LogP contribution in [0.25, 0.3) is 16.5 Å². The molecule has 1 aromatic carbocycles. The number of fused-ring (bicyclic) bond motifs is 1. The van der Waals surface area contributed by atoms with Crippen LogP contribution in [0.15, 0.2) is 30.5 Å². The molecule has 0 amide bonds. The number of rotatable bonds is 3. The molecule has 0 fully saturated rings. The van der Waals surface area contributed by atoms with E-state index in [1.54, 1.807) is 6.20 Å². The van der Waals surface area contributed by atoms with Crippen LogP contribution < -0.4 is 0 Å². The van der Waals surface area contributed by atoms with Crippen LogP contribution in [0.3, 0.4) is 0 Å². The van der Waals surface area contributed by atoms with Gasteiger partial charge >= 0.3 is 11.9 Å². The van der Waals surface area contributed by atoms with Crippen LogP contribution in [0.5, 0.6) is 0 Å². The number of carbonyl (C=O) groups excluding carboxylic acids is 2. The first-order valence-electron chi connectivity index (χ1n) is 6.03. The van der Waals surface area contributed by atoms with E-state index in [-0.39, 0.29) is 5.57 Å². The lowest BCUT2D eigenvalue weighted by molar-refractivity contribution is -0.136. The van der Waals surface area contributed by atoms with E-state index in [9.17, 15) is 9.59 Å². The highest BCUT2D eigenvalue weighted by molar-refractivity contribution is 6.23. The topological polar surface area (TPSA) is 68.4 Å². The quantitative estimate of drug-likeness (QED) is 0.687. The second-order valence-corrected chi connectivity index (χ2v) is 4.27. The van der Waals surface area contributed by atoms with Gasteiger partial charge in [0.1, 0.15) is 0 Å². The van der Waals surface area contributed by atoms with Crippen molar-refractivity contribution in [2.75, 3.05) is 14.2 Å². The maximum Gasteiger partial charge on any atom is 0.338 e. The van der Waals surface area contributed by atoms with Crippen LogP contribution >= 0.6 is 0 Å². The van der Waals surface area contributed by atoms with E-state index in [1.807, 2.05) is 25.1 Å². The third kappa shape index (κ3) is 2.42. The molecule has 0 bridgehead atoms. The second-order valence-electron chi connectivity index (χ2n) is 4.27. The molecule has 2 rings (SSSR count). The monoisotopic (exact) mass is 273 g/mol. The maximum atomic E-state index is 11.9. The minimum absolute atomic E-state index is 0.167. The molecule has 0 aliphatic heterocycles. The van der Waals surface area contributed by atoms with Crippen molar-refractivity contribution in [1.82, 2.24) is 4.98 Å². The molecule has 0 saturated heterocycles. The number of carbonyl (C=O) groups is 2. The van der Waals surface area contributed by atoms with Crippen LogP contribution in [-0.2, 0) is 19.1 Å². The summed E-state index contributed by atoms with van der Waals surface area (Å²) in [6.45, 7) is 1.94. The molecule has 0 aliphatic rings. The van der Waals surface area contributed by atoms with E-state index in [1.165, 1.54) is 14.2 Å². The SMILES string of the molecule is COC(=O)/C=C(\C(=O)OC)c1c[nH]c2cccc(C)c12. The van der Waals surface area contributed by atoms with Crippen LogP contribution in [0.4, 0.5) is 0 Å². The van der Waals surface area contributed by atoms with Gasteiger partial charge < -0.3 is 14.5 Å². The highest BCUT2D eigenvalue weighted by atomic mass is 16.5. The van der Waals surface area contributed by atoms with Crippen LogP contribution in [-0.4, -0.2) is 31.1 Å². The van der Waals surface area contributed by atoms with Gasteiger partial charge in [0.2, 0.25) is 0 Å². The number of H-pyrrole nitrogens is 1. The van der Waals surface area contributed by atoms with Gasteiger partial charge in [0.15, 0.2) is 0 Å². The Balaban J connectivity index is 2.66. The number of nitrogens with one attached hydrogen (secondary N) is 1. The standard InChI is InChI=1S/C15H15NO4/c1-9-5-4-6-12-14(9)11(8-16-12)10(15(18)20-3)7-13(17)19-2/h4-8,16H,1-3H3/b10-7-. The predicted octanol–water partition coefficient (Wildman–Crippen LogP) is 2.21. The largest absolute Gasteiger partial charge is 0.466 e. The highest BCUT2D eigenvalue weighted by Crippen LogP contribution is 2.28. The van der Waals surface area contributed by atoms with E-state index in [2.05, 4.69) is 9.72 Å². The maximum absolute atomic E-state index is 11.9. The molecule has 5 heteroatoms. The summed E-state index contributed by atoms with van der Waals surface area (Å²) in [5.74, 6) is -1.19. The van der Waals surface area contributed by atoms with E-state index < -0.39 is 11.9 Å². The molecule has 1 aromatic heterocycles. The Morgan fingerprint density at radius 3 is 2.60 bits per heavy atom. The molecule has 1 N–H and O–H groups in total. The van der Waals surface area contributed by atoms with Gasteiger partial charge in [-0.3, -0.25) is 0 Å². The fourth-order valence-corrected chi connectivity index (χ4v) is 2.11. The molecule has 2 aromatic rings. The Labute approximate surface area is 116 Å². The van der Waals surface area contributed by atoms with Gasteiger partial charge in [-0.1, -0.05) is 12.1 Å². The number of esters is 2. The number of benzene rings is 1. The van der Waals surface area contributed by atoms with Crippen molar-refractivity contribution in [3.63, 3.8) is 0 Å². The number of aromatic amines is 1. The van der Waals surface area contributed by atoms with Crippen molar-refractivity contribution in [3.8, 4) is 0 Å². The zero-order chi connectivity index (χ0) is 14.7. The van der Waals surface area contributed by atoms with Crippen LogP contribution in [0, 0.1) is 6.92 Å². The molecule has 104 valence electrons. The van der Waals surface area contributed by atoms with E-state index >= 15 is 0 Å². The van der Waals surface area contributed by atoms with Gasteiger partial charge in [0, 0.05) is 28.7 Å².